The fraction of sp³-hybridized carbons (Fsp3) is 0.522. The lowest BCUT2D eigenvalue weighted by atomic mass is 9.71. The van der Waals surface area contributed by atoms with Crippen molar-refractivity contribution < 1.29 is 22.8 Å². The highest BCUT2D eigenvalue weighted by Crippen LogP contribution is 2.43. The molecule has 6 aliphatic rings. The number of hydrogen-bond acceptors (Lipinski definition) is 11. The third kappa shape index (κ3) is 7.89. The number of likely N-dealkylation sites (tertiary alicyclic amines) is 1. The summed E-state index contributed by atoms with van der Waals surface area (Å²) in [4.78, 5) is 66.4. The summed E-state index contributed by atoms with van der Waals surface area (Å²) in [7, 11) is -3.67. The van der Waals surface area contributed by atoms with Crippen molar-refractivity contribution >= 4 is 50.4 Å². The Bertz CT molecular complexity index is 2570. The number of nitrogens with one attached hydrogen (secondary N) is 2. The summed E-state index contributed by atoms with van der Waals surface area (Å²) in [5, 5.41) is 6.65. The molecule has 326 valence electrons. The average molecular weight is 862 g/mol. The van der Waals surface area contributed by atoms with E-state index in [9.17, 15) is 27.6 Å². The van der Waals surface area contributed by atoms with Gasteiger partial charge in [-0.05, 0) is 124 Å². The van der Waals surface area contributed by atoms with Crippen molar-refractivity contribution in [3.05, 3.63) is 87.8 Å². The van der Waals surface area contributed by atoms with Crippen LogP contribution in [0.15, 0.2) is 70.5 Å². The van der Waals surface area contributed by atoms with Gasteiger partial charge in [0.1, 0.15) is 11.7 Å². The number of aromatic nitrogens is 3. The smallest absolute Gasteiger partial charge is 0.255 e. The number of hydrogen-bond donors (Lipinski definition) is 2. The van der Waals surface area contributed by atoms with Crippen molar-refractivity contribution in [3.63, 3.8) is 0 Å². The summed E-state index contributed by atoms with van der Waals surface area (Å²) in [5.74, 6) is -0.357. The van der Waals surface area contributed by atoms with Gasteiger partial charge in [-0.3, -0.25) is 34.0 Å². The molecule has 10 rings (SSSR count). The maximum Gasteiger partial charge on any atom is 0.255 e. The van der Waals surface area contributed by atoms with Crippen LogP contribution in [-0.2, 0) is 32.7 Å². The molecule has 62 heavy (non-hydrogen) atoms. The highest BCUT2D eigenvalue weighted by atomic mass is 32.2. The topological polar surface area (TPSA) is 170 Å². The summed E-state index contributed by atoms with van der Waals surface area (Å²) in [6.07, 6.45) is 12.2. The van der Waals surface area contributed by atoms with Crippen LogP contribution in [0.1, 0.15) is 105 Å². The number of piperidine rings is 4. The van der Waals surface area contributed by atoms with Crippen molar-refractivity contribution in [2.45, 2.75) is 113 Å². The Morgan fingerprint density at radius 3 is 2.34 bits per heavy atom. The van der Waals surface area contributed by atoms with Gasteiger partial charge in [0.15, 0.2) is 0 Å². The van der Waals surface area contributed by atoms with E-state index in [0.29, 0.717) is 67.5 Å². The molecule has 5 aliphatic heterocycles. The summed E-state index contributed by atoms with van der Waals surface area (Å²) in [5.41, 5.74) is 4.58. The van der Waals surface area contributed by atoms with Crippen molar-refractivity contribution in [2.75, 3.05) is 49.5 Å². The number of nitrogens with zero attached hydrogens (tertiary/aromatic N) is 7. The van der Waals surface area contributed by atoms with Crippen LogP contribution >= 0.6 is 0 Å². The van der Waals surface area contributed by atoms with Gasteiger partial charge in [0, 0.05) is 86.7 Å². The first kappa shape index (κ1) is 40.9. The lowest BCUT2D eigenvalue weighted by Crippen LogP contribution is -2.52. The molecule has 7 heterocycles. The highest BCUT2D eigenvalue weighted by molar-refractivity contribution is 7.89. The fourth-order valence-corrected chi connectivity index (χ4v) is 12.5. The molecule has 2 aromatic heterocycles. The second-order valence-corrected chi connectivity index (χ2v) is 20.4. The van der Waals surface area contributed by atoms with Crippen LogP contribution in [-0.4, -0.2) is 106 Å². The van der Waals surface area contributed by atoms with E-state index in [2.05, 4.69) is 31.5 Å². The number of amides is 3. The number of anilines is 2. The molecule has 15 nitrogen and oxygen atoms in total. The third-order valence-electron chi connectivity index (χ3n) is 14.7. The van der Waals surface area contributed by atoms with Gasteiger partial charge in [-0.15, -0.1) is 0 Å². The molecule has 1 unspecified atom stereocenters. The zero-order valence-electron chi connectivity index (χ0n) is 35.1. The van der Waals surface area contributed by atoms with Gasteiger partial charge in [0.05, 0.1) is 4.90 Å². The first-order valence-electron chi connectivity index (χ1n) is 22.5. The van der Waals surface area contributed by atoms with Gasteiger partial charge in [-0.1, -0.05) is 25.0 Å². The molecular formula is C46H55N9O6S. The van der Waals surface area contributed by atoms with Gasteiger partial charge in [0.2, 0.25) is 27.8 Å². The molecule has 2 aromatic carbocycles. The second kappa shape index (κ2) is 16.5. The molecule has 3 amide bonds. The van der Waals surface area contributed by atoms with Gasteiger partial charge >= 0.3 is 0 Å². The molecule has 1 atom stereocenters. The standard InChI is InChI=1S/C46H55N9O6S/c56-40-12-11-39(43(58)49-40)54-30-33-27-36(9-10-38(33)44(54)59)52-24-18-46(19-25-52)16-22-51(23-17-46)29-31-4-3-7-37(26-31)62(60,61)53-20-14-34(15-21-53)48-45-47-28-32-8-13-41(57)55(42(32)50-45)35-5-1-2-6-35/h3-4,7-10,13,26-28,34-35,39H,1-2,5-6,11-12,14-25,29-30H2,(H,47,48,50)(H,49,56,58). The van der Waals surface area contributed by atoms with Crippen molar-refractivity contribution in [3.8, 4) is 0 Å². The number of carbonyl (C=O) groups is 3. The van der Waals surface area contributed by atoms with E-state index in [1.54, 1.807) is 33.6 Å². The number of carbonyl (C=O) groups excluding carboxylic acids is 3. The minimum absolute atomic E-state index is 0.0150. The molecule has 4 aromatic rings. The lowest BCUT2D eigenvalue weighted by Gasteiger charge is -2.47. The van der Waals surface area contributed by atoms with E-state index in [1.165, 1.54) is 0 Å². The number of imide groups is 1. The van der Waals surface area contributed by atoms with Crippen molar-refractivity contribution in [1.82, 2.24) is 34.0 Å². The Morgan fingerprint density at radius 2 is 1.58 bits per heavy atom. The van der Waals surface area contributed by atoms with E-state index in [-0.39, 0.29) is 41.3 Å². The molecule has 1 aliphatic carbocycles. The van der Waals surface area contributed by atoms with Crippen LogP contribution in [0.5, 0.6) is 0 Å². The van der Waals surface area contributed by atoms with Crippen molar-refractivity contribution in [2.24, 2.45) is 5.41 Å². The molecule has 16 heteroatoms. The first-order chi connectivity index (χ1) is 30.0. The van der Waals surface area contributed by atoms with Crippen LogP contribution in [0.4, 0.5) is 11.6 Å². The van der Waals surface area contributed by atoms with Crippen LogP contribution in [0.3, 0.4) is 0 Å². The zero-order chi connectivity index (χ0) is 42.6. The summed E-state index contributed by atoms with van der Waals surface area (Å²) in [6, 6.07) is 16.4. The molecule has 0 radical (unpaired) electrons. The Balaban J connectivity index is 0.705. The van der Waals surface area contributed by atoms with Crippen molar-refractivity contribution in [1.29, 1.82) is 0 Å². The van der Waals surface area contributed by atoms with Gasteiger partial charge in [-0.2, -0.15) is 9.29 Å². The predicted octanol–water partition coefficient (Wildman–Crippen LogP) is 4.82. The fourth-order valence-electron chi connectivity index (χ4n) is 10.9. The predicted molar refractivity (Wildman–Crippen MR) is 234 cm³/mol. The van der Waals surface area contributed by atoms with Gasteiger partial charge < -0.3 is 15.1 Å². The molecule has 4 saturated heterocycles. The minimum Gasteiger partial charge on any atom is -0.371 e. The molecule has 1 spiro atoms. The summed E-state index contributed by atoms with van der Waals surface area (Å²) < 4.78 is 31.3. The molecule has 5 fully saturated rings. The zero-order valence-corrected chi connectivity index (χ0v) is 36.0. The monoisotopic (exact) mass is 861 g/mol. The molecular weight excluding hydrogens is 807 g/mol. The Morgan fingerprint density at radius 1 is 0.823 bits per heavy atom. The van der Waals surface area contributed by atoms with E-state index in [1.807, 2.05) is 34.9 Å². The normalized spacial score (nSPS) is 23.0. The summed E-state index contributed by atoms with van der Waals surface area (Å²) >= 11 is 0. The molecule has 0 bridgehead atoms. The minimum atomic E-state index is -3.67. The summed E-state index contributed by atoms with van der Waals surface area (Å²) in [6.45, 7) is 5.69. The van der Waals surface area contributed by atoms with Gasteiger partial charge in [0.25, 0.3) is 11.5 Å². The Hall–Kier alpha value is -5.19. The second-order valence-electron chi connectivity index (χ2n) is 18.4. The van der Waals surface area contributed by atoms with Crippen LogP contribution in [0.2, 0.25) is 0 Å². The van der Waals surface area contributed by atoms with Gasteiger partial charge in [-0.25, -0.2) is 13.4 Å². The highest BCUT2D eigenvalue weighted by Gasteiger charge is 2.41. The number of pyridine rings is 1. The Kier molecular flexibility index (Phi) is 10.9. The molecule has 1 saturated carbocycles. The van der Waals surface area contributed by atoms with Crippen LogP contribution in [0.25, 0.3) is 11.0 Å². The maximum atomic E-state index is 13.9. The Labute approximate surface area is 361 Å². The average Bonchev–Trinajstić information content (AvgIpc) is 3.93. The first-order valence-corrected chi connectivity index (χ1v) is 23.9. The van der Waals surface area contributed by atoms with Crippen LogP contribution < -0.4 is 21.1 Å². The van der Waals surface area contributed by atoms with Crippen LogP contribution in [0, 0.1) is 5.41 Å². The lowest BCUT2D eigenvalue weighted by molar-refractivity contribution is -0.136. The number of rotatable bonds is 9. The number of fused-ring (bicyclic) bond motifs is 2. The largest absolute Gasteiger partial charge is 0.371 e. The van der Waals surface area contributed by atoms with E-state index in [0.717, 1.165) is 99.7 Å². The molecule has 2 N–H and O–H groups in total. The number of sulfonamides is 1. The van der Waals surface area contributed by atoms with E-state index < -0.39 is 22.0 Å². The SMILES string of the molecule is O=C1CCC(N2Cc3cc(N4CCC5(CCN(Cc6cccc(S(=O)(=O)N7CCC(Nc8ncc9ccc(=O)n(C%10CCCC%10)c9n8)CC7)c6)CC5)CC4)ccc3C2=O)C(=O)N1. The quantitative estimate of drug-likeness (QED) is 0.222. The maximum absolute atomic E-state index is 13.9. The van der Waals surface area contributed by atoms with E-state index in [4.69, 9.17) is 4.98 Å². The number of benzene rings is 2. The van der Waals surface area contributed by atoms with E-state index >= 15 is 0 Å². The third-order valence-corrected chi connectivity index (χ3v) is 16.6.